The number of imidazole rings is 1. The average molecular weight is 315 g/mol. The number of para-hydroxylation sites is 2. The summed E-state index contributed by atoms with van der Waals surface area (Å²) in [5, 5.41) is 0. The molecule has 0 fully saturated rings. The van der Waals surface area contributed by atoms with Crippen LogP contribution >= 0.6 is 0 Å². The summed E-state index contributed by atoms with van der Waals surface area (Å²) in [5.41, 5.74) is 2.12. The third-order valence-corrected chi connectivity index (χ3v) is 1.33. The molecule has 1 heterocycles. The van der Waals surface area contributed by atoms with Crippen LogP contribution in [0.2, 0.25) is 0 Å². The predicted molar refractivity (Wildman–Crippen MR) is 36.1 cm³/mol. The maximum absolute atomic E-state index is 4.06. The summed E-state index contributed by atoms with van der Waals surface area (Å²) in [6.07, 6.45) is 1.70. The Morgan fingerprint density at radius 1 is 1.20 bits per heavy atom. The van der Waals surface area contributed by atoms with E-state index >= 15 is 0 Å². The van der Waals surface area contributed by atoms with Gasteiger partial charge >= 0.3 is 22.4 Å². The molecule has 2 nitrogen and oxygen atoms in total. The number of nitrogens with zero attached hydrogens (tertiary/aromatic N) is 1. The van der Waals surface area contributed by atoms with Crippen LogP contribution in [0.1, 0.15) is 0 Å². The third kappa shape index (κ3) is 1.14. The van der Waals surface area contributed by atoms with E-state index in [1.807, 2.05) is 24.3 Å². The van der Waals surface area contributed by atoms with E-state index in [2.05, 4.69) is 9.97 Å². The number of hydrogen-bond donors (Lipinski definition) is 1. The monoisotopic (exact) mass is 315 g/mol. The van der Waals surface area contributed by atoms with Gasteiger partial charge in [-0.25, -0.2) is 4.98 Å². The molecule has 0 spiro atoms. The Morgan fingerprint density at radius 2 is 2.00 bits per heavy atom. The summed E-state index contributed by atoms with van der Waals surface area (Å²) in [5.74, 6) is 0. The van der Waals surface area contributed by atoms with Crippen LogP contribution in [0.4, 0.5) is 0 Å². The van der Waals surface area contributed by atoms with E-state index in [4.69, 9.17) is 0 Å². The number of fused-ring (bicyclic) bond motifs is 1. The Kier molecular flexibility index (Phi) is 2.27. The third-order valence-electron chi connectivity index (χ3n) is 1.33. The zero-order chi connectivity index (χ0) is 6.10. The normalized spacial score (nSPS) is 9.20. The zero-order valence-corrected chi connectivity index (χ0v) is 7.30. The molecule has 3 heteroatoms. The fourth-order valence-electron chi connectivity index (χ4n) is 0.880. The first-order valence-corrected chi connectivity index (χ1v) is 2.85. The molecule has 0 saturated carbocycles. The van der Waals surface area contributed by atoms with Crippen molar-refractivity contribution in [2.75, 3.05) is 0 Å². The molecule has 0 aliphatic heterocycles. The first-order valence-electron chi connectivity index (χ1n) is 2.85. The van der Waals surface area contributed by atoms with Crippen molar-refractivity contribution in [1.82, 2.24) is 9.97 Å². The minimum Gasteiger partial charge on any atom is -0.345 e. The number of benzene rings is 1. The van der Waals surface area contributed by atoms with Crippen LogP contribution in [0.5, 0.6) is 0 Å². The molecule has 0 atom stereocenters. The minimum atomic E-state index is 0. The van der Waals surface area contributed by atoms with Gasteiger partial charge < -0.3 is 4.98 Å². The van der Waals surface area contributed by atoms with Crippen LogP contribution in [-0.4, -0.2) is 9.97 Å². The van der Waals surface area contributed by atoms with E-state index in [1.54, 1.807) is 6.33 Å². The summed E-state index contributed by atoms with van der Waals surface area (Å²) in [6.45, 7) is 0. The van der Waals surface area contributed by atoms with Gasteiger partial charge in [0, 0.05) is 0 Å². The van der Waals surface area contributed by atoms with Crippen molar-refractivity contribution in [2.45, 2.75) is 0 Å². The Hall–Kier alpha value is -0.570. The Balaban J connectivity index is 0.000000500. The van der Waals surface area contributed by atoms with Crippen molar-refractivity contribution < 1.29 is 22.4 Å². The van der Waals surface area contributed by atoms with Gasteiger partial charge in [-0.2, -0.15) is 0 Å². The first kappa shape index (κ1) is 7.54. The molecule has 0 aliphatic rings. The van der Waals surface area contributed by atoms with Crippen molar-refractivity contribution in [3.05, 3.63) is 30.6 Å². The molecule has 54 valence electrons. The quantitative estimate of drug-likeness (QED) is 0.735. The smallest absolute Gasteiger partial charge is 0.345 e. The van der Waals surface area contributed by atoms with Crippen LogP contribution in [0.25, 0.3) is 11.0 Å². The summed E-state index contributed by atoms with van der Waals surface area (Å²) >= 11 is 0. The second-order valence-electron chi connectivity index (χ2n) is 1.92. The maximum Gasteiger partial charge on any atom is 1.00 e. The number of nitrogens with one attached hydrogen (secondary N) is 1. The van der Waals surface area contributed by atoms with Gasteiger partial charge in [0.25, 0.3) is 0 Å². The van der Waals surface area contributed by atoms with Gasteiger partial charge in [-0.3, -0.25) is 0 Å². The molecule has 1 N–H and O–H groups in total. The predicted octanol–water partition coefficient (Wildman–Crippen LogP) is 1.56. The van der Waals surface area contributed by atoms with Crippen LogP contribution in [-0.2, 0) is 22.4 Å². The summed E-state index contributed by atoms with van der Waals surface area (Å²) in [6, 6.07) is 7.94. The van der Waals surface area contributed by atoms with Crippen molar-refractivity contribution in [3.8, 4) is 0 Å². The van der Waals surface area contributed by atoms with E-state index in [-0.39, 0.29) is 22.4 Å². The SMILES string of the molecule is [Au+].c1ccc2[nH]cnc2c1. The van der Waals surface area contributed by atoms with Crippen LogP contribution in [0.3, 0.4) is 0 Å². The molecular weight excluding hydrogens is 309 g/mol. The minimum absolute atomic E-state index is 0. The van der Waals surface area contributed by atoms with Gasteiger partial charge in [-0.15, -0.1) is 0 Å². The summed E-state index contributed by atoms with van der Waals surface area (Å²) in [7, 11) is 0. The van der Waals surface area contributed by atoms with Gasteiger partial charge in [0.2, 0.25) is 0 Å². The Labute approximate surface area is 74.2 Å². The molecule has 0 unspecified atom stereocenters. The number of aromatic amines is 1. The molecule has 0 bridgehead atoms. The topological polar surface area (TPSA) is 28.7 Å². The molecule has 1 aromatic heterocycles. The maximum atomic E-state index is 4.06. The van der Waals surface area contributed by atoms with Gasteiger partial charge in [-0.05, 0) is 12.1 Å². The van der Waals surface area contributed by atoms with E-state index < -0.39 is 0 Å². The number of aromatic nitrogens is 2. The van der Waals surface area contributed by atoms with Crippen LogP contribution in [0, 0.1) is 0 Å². The number of rotatable bonds is 0. The molecule has 1 aromatic carbocycles. The second-order valence-corrected chi connectivity index (χ2v) is 1.92. The molecule has 2 aromatic rings. The largest absolute Gasteiger partial charge is 1.00 e. The molecule has 0 aliphatic carbocycles. The van der Waals surface area contributed by atoms with E-state index in [9.17, 15) is 0 Å². The number of H-pyrrole nitrogens is 1. The molecule has 0 saturated heterocycles. The molecule has 2 rings (SSSR count). The Bertz CT molecular complexity index is 286. The fourth-order valence-corrected chi connectivity index (χ4v) is 0.880. The molecular formula is C7H6AuN2+. The van der Waals surface area contributed by atoms with Gasteiger partial charge in [0.1, 0.15) is 0 Å². The zero-order valence-electron chi connectivity index (χ0n) is 5.14. The summed E-state index contributed by atoms with van der Waals surface area (Å²) in [4.78, 5) is 7.07. The number of hydrogen-bond acceptors (Lipinski definition) is 1. The van der Waals surface area contributed by atoms with E-state index in [0.717, 1.165) is 11.0 Å². The fraction of sp³-hybridized carbons (Fsp3) is 0. The summed E-state index contributed by atoms with van der Waals surface area (Å²) < 4.78 is 0. The standard InChI is InChI=1S/C7H6N2.Au/c1-2-4-7-6(3-1)8-5-9-7;/h1-5H,(H,8,9);/q;+1. The van der Waals surface area contributed by atoms with Crippen LogP contribution in [0.15, 0.2) is 30.6 Å². The van der Waals surface area contributed by atoms with E-state index in [1.165, 1.54) is 0 Å². The van der Waals surface area contributed by atoms with E-state index in [0.29, 0.717) is 0 Å². The van der Waals surface area contributed by atoms with Gasteiger partial charge in [-0.1, -0.05) is 12.1 Å². The molecule has 10 heavy (non-hydrogen) atoms. The van der Waals surface area contributed by atoms with Crippen molar-refractivity contribution >= 4 is 11.0 Å². The molecule has 0 amide bonds. The second kappa shape index (κ2) is 3.01. The average Bonchev–Trinajstić information content (AvgIpc) is 2.33. The molecule has 0 radical (unpaired) electrons. The van der Waals surface area contributed by atoms with Crippen molar-refractivity contribution in [2.24, 2.45) is 0 Å². The van der Waals surface area contributed by atoms with Gasteiger partial charge in [0.15, 0.2) is 0 Å². The van der Waals surface area contributed by atoms with Crippen molar-refractivity contribution in [3.63, 3.8) is 0 Å². The van der Waals surface area contributed by atoms with Crippen LogP contribution < -0.4 is 0 Å². The Morgan fingerprint density at radius 3 is 2.80 bits per heavy atom. The van der Waals surface area contributed by atoms with Crippen molar-refractivity contribution in [1.29, 1.82) is 0 Å². The van der Waals surface area contributed by atoms with Gasteiger partial charge in [0.05, 0.1) is 17.4 Å². The first-order chi connectivity index (χ1) is 4.47.